The highest BCUT2D eigenvalue weighted by atomic mass is 16.3. The van der Waals surface area contributed by atoms with E-state index in [0.717, 1.165) is 50.7 Å². The highest BCUT2D eigenvalue weighted by Crippen LogP contribution is 2.49. The van der Waals surface area contributed by atoms with Gasteiger partial charge in [-0.1, -0.05) is 125 Å². The molecule has 7 aromatic carbocycles. The first-order valence-electron chi connectivity index (χ1n) is 19.6. The number of rotatable bonds is 4. The van der Waals surface area contributed by atoms with E-state index < -0.39 is 0 Å². The van der Waals surface area contributed by atoms with Crippen molar-refractivity contribution in [3.05, 3.63) is 157 Å². The van der Waals surface area contributed by atoms with Crippen LogP contribution in [-0.2, 0) is 10.8 Å². The predicted molar refractivity (Wildman–Crippen MR) is 231 cm³/mol. The lowest BCUT2D eigenvalue weighted by molar-refractivity contribution is 0.332. The van der Waals surface area contributed by atoms with Gasteiger partial charge in [0, 0.05) is 38.4 Å². The molecule has 1 aliphatic carbocycles. The Kier molecular flexibility index (Phi) is 7.00. The van der Waals surface area contributed by atoms with Gasteiger partial charge in [0.15, 0.2) is 17.5 Å². The molecule has 3 heterocycles. The van der Waals surface area contributed by atoms with Gasteiger partial charge in [0.05, 0.1) is 16.6 Å². The van der Waals surface area contributed by atoms with Crippen LogP contribution in [0.25, 0.3) is 94.4 Å². The average Bonchev–Trinajstić information content (AvgIpc) is 3.76. The smallest absolute Gasteiger partial charge is 0.167 e. The molecule has 0 unspecified atom stereocenters. The van der Waals surface area contributed by atoms with Crippen molar-refractivity contribution in [2.45, 2.75) is 51.4 Å². The maximum atomic E-state index is 6.47. The van der Waals surface area contributed by atoms with Crippen LogP contribution in [0, 0.1) is 0 Å². The first-order chi connectivity index (χ1) is 27.2. The van der Waals surface area contributed by atoms with Crippen LogP contribution in [0.1, 0.15) is 51.7 Å². The summed E-state index contributed by atoms with van der Waals surface area (Å²) in [5.41, 5.74) is 10.8. The van der Waals surface area contributed by atoms with E-state index in [9.17, 15) is 0 Å². The van der Waals surface area contributed by atoms with Crippen LogP contribution in [0.5, 0.6) is 0 Å². The van der Waals surface area contributed by atoms with E-state index in [0.29, 0.717) is 17.5 Å². The van der Waals surface area contributed by atoms with Gasteiger partial charge in [-0.15, -0.1) is 0 Å². The molecule has 0 spiro atoms. The zero-order valence-electron chi connectivity index (χ0n) is 32.0. The molecule has 0 N–H and O–H groups in total. The van der Waals surface area contributed by atoms with Crippen molar-refractivity contribution in [2.75, 3.05) is 0 Å². The number of hydrogen-bond donors (Lipinski definition) is 0. The topological polar surface area (TPSA) is 56.7 Å². The fraction of sp³-hybridized carbons (Fsp3) is 0.157. The standard InChI is InChI=1S/C51H40N4O/c1-50(2)24-25-51(3,4)42-30-44-40(29-41(42)50)39-27-32-16-8-9-17-33(32)28-43(39)55(44)35-19-12-18-34(26-35)48-52-47(31-14-6-5-7-15-31)53-49(54-48)38-22-13-21-37-36-20-10-11-23-45(36)56-46(37)38/h5-23,26-30H,24-25H2,1-4H3. The third kappa shape index (κ3) is 5.04. The maximum absolute atomic E-state index is 6.47. The minimum atomic E-state index is 0.0741. The van der Waals surface area contributed by atoms with Gasteiger partial charge in [-0.25, -0.2) is 15.0 Å². The summed E-state index contributed by atoms with van der Waals surface area (Å²) in [6.07, 6.45) is 2.33. The fourth-order valence-corrected chi connectivity index (χ4v) is 9.09. The van der Waals surface area contributed by atoms with Crippen molar-refractivity contribution in [1.29, 1.82) is 0 Å². The lowest BCUT2D eigenvalue weighted by atomic mass is 9.63. The molecule has 0 fully saturated rings. The minimum absolute atomic E-state index is 0.0741. The molecule has 1 aliphatic rings. The number of fused-ring (bicyclic) bond motifs is 8. The van der Waals surface area contributed by atoms with Crippen molar-refractivity contribution >= 4 is 54.5 Å². The maximum Gasteiger partial charge on any atom is 0.167 e. The number of furan rings is 1. The van der Waals surface area contributed by atoms with E-state index in [2.05, 4.69) is 123 Å². The number of para-hydroxylation sites is 2. The van der Waals surface area contributed by atoms with Crippen molar-refractivity contribution in [2.24, 2.45) is 0 Å². The summed E-state index contributed by atoms with van der Waals surface area (Å²) >= 11 is 0. The van der Waals surface area contributed by atoms with Gasteiger partial charge in [0.2, 0.25) is 0 Å². The molecule has 3 aromatic heterocycles. The normalized spacial score (nSPS) is 14.9. The van der Waals surface area contributed by atoms with Crippen LogP contribution in [0.4, 0.5) is 0 Å². The Bertz CT molecular complexity index is 3200. The molecule has 0 bridgehead atoms. The van der Waals surface area contributed by atoms with Gasteiger partial charge in [-0.2, -0.15) is 0 Å². The third-order valence-corrected chi connectivity index (χ3v) is 12.3. The van der Waals surface area contributed by atoms with E-state index in [1.807, 2.05) is 54.6 Å². The molecule has 0 saturated carbocycles. The van der Waals surface area contributed by atoms with Crippen LogP contribution in [0.15, 0.2) is 150 Å². The van der Waals surface area contributed by atoms with Crippen molar-refractivity contribution in [3.8, 4) is 39.9 Å². The monoisotopic (exact) mass is 724 g/mol. The molecule has 5 heteroatoms. The molecule has 0 aliphatic heterocycles. The second-order valence-electron chi connectivity index (χ2n) is 16.7. The number of aromatic nitrogens is 4. The number of nitrogens with zero attached hydrogens (tertiary/aromatic N) is 4. The largest absolute Gasteiger partial charge is 0.455 e. The Hall–Kier alpha value is -6.59. The van der Waals surface area contributed by atoms with Crippen LogP contribution in [0.3, 0.4) is 0 Å². The second kappa shape index (κ2) is 12.0. The van der Waals surface area contributed by atoms with E-state index in [1.54, 1.807) is 0 Å². The molecule has 0 radical (unpaired) electrons. The molecule has 10 aromatic rings. The van der Waals surface area contributed by atoms with Crippen LogP contribution >= 0.6 is 0 Å². The Morgan fingerprint density at radius 3 is 1.88 bits per heavy atom. The summed E-state index contributed by atoms with van der Waals surface area (Å²) in [4.78, 5) is 15.4. The average molecular weight is 725 g/mol. The van der Waals surface area contributed by atoms with Gasteiger partial charge in [-0.05, 0) is 94.1 Å². The molecule has 56 heavy (non-hydrogen) atoms. The lowest BCUT2D eigenvalue weighted by Crippen LogP contribution is -2.33. The Labute approximate surface area is 325 Å². The molecule has 0 saturated heterocycles. The molecule has 270 valence electrons. The summed E-state index contributed by atoms with van der Waals surface area (Å²) in [7, 11) is 0. The highest BCUT2D eigenvalue weighted by molar-refractivity contribution is 6.14. The molecule has 11 rings (SSSR count). The minimum Gasteiger partial charge on any atom is -0.455 e. The van der Waals surface area contributed by atoms with Crippen molar-refractivity contribution < 1.29 is 4.42 Å². The van der Waals surface area contributed by atoms with Gasteiger partial charge in [0.1, 0.15) is 11.2 Å². The molecule has 0 amide bonds. The molecule has 5 nitrogen and oxygen atoms in total. The summed E-state index contributed by atoms with van der Waals surface area (Å²) < 4.78 is 8.92. The second-order valence-corrected chi connectivity index (χ2v) is 16.7. The van der Waals surface area contributed by atoms with E-state index in [-0.39, 0.29) is 10.8 Å². The van der Waals surface area contributed by atoms with Gasteiger partial charge >= 0.3 is 0 Å². The Morgan fingerprint density at radius 2 is 1.07 bits per heavy atom. The quantitative estimate of drug-likeness (QED) is 0.181. The number of benzene rings is 7. The summed E-state index contributed by atoms with van der Waals surface area (Å²) in [5.74, 6) is 1.79. The highest BCUT2D eigenvalue weighted by Gasteiger charge is 2.38. The fourth-order valence-electron chi connectivity index (χ4n) is 9.09. The van der Waals surface area contributed by atoms with Crippen LogP contribution < -0.4 is 0 Å². The SMILES string of the molecule is CC1(C)CCC(C)(C)c2cc3c(cc21)c1cc2ccccc2cc1n3-c1cccc(-c2nc(-c3ccccc3)nc(-c3cccc4c3oc3ccccc34)n2)c1. The van der Waals surface area contributed by atoms with Crippen LogP contribution in [-0.4, -0.2) is 19.5 Å². The predicted octanol–water partition coefficient (Wildman–Crippen LogP) is 13.4. The van der Waals surface area contributed by atoms with Crippen LogP contribution in [0.2, 0.25) is 0 Å². The van der Waals surface area contributed by atoms with E-state index in [1.165, 1.54) is 50.1 Å². The molecule has 0 atom stereocenters. The zero-order chi connectivity index (χ0) is 37.8. The summed E-state index contributed by atoms with van der Waals surface area (Å²) in [6, 6.07) is 51.6. The van der Waals surface area contributed by atoms with Crippen molar-refractivity contribution in [3.63, 3.8) is 0 Å². The van der Waals surface area contributed by atoms with Gasteiger partial charge in [0.25, 0.3) is 0 Å². The Morgan fingerprint density at radius 1 is 0.482 bits per heavy atom. The molecular formula is C51H40N4O. The Balaban J connectivity index is 1.16. The van der Waals surface area contributed by atoms with Crippen molar-refractivity contribution in [1.82, 2.24) is 19.5 Å². The zero-order valence-corrected chi connectivity index (χ0v) is 32.0. The van der Waals surface area contributed by atoms with Gasteiger partial charge < -0.3 is 8.98 Å². The molecular weight excluding hydrogens is 685 g/mol. The van der Waals surface area contributed by atoms with E-state index in [4.69, 9.17) is 19.4 Å². The first kappa shape index (κ1) is 32.8. The lowest BCUT2D eigenvalue weighted by Gasteiger charge is -2.42. The summed E-state index contributed by atoms with van der Waals surface area (Å²) in [6.45, 7) is 9.63. The third-order valence-electron chi connectivity index (χ3n) is 12.3. The number of hydrogen-bond acceptors (Lipinski definition) is 4. The van der Waals surface area contributed by atoms with Gasteiger partial charge in [-0.3, -0.25) is 0 Å². The first-order valence-corrected chi connectivity index (χ1v) is 19.6. The van der Waals surface area contributed by atoms with E-state index >= 15 is 0 Å². The summed E-state index contributed by atoms with van der Waals surface area (Å²) in [5, 5.41) is 7.13.